The minimum Gasteiger partial charge on any atom is -0.466 e. The fraction of sp³-hybridized carbons (Fsp3) is 0.222. The predicted molar refractivity (Wildman–Crippen MR) is 84.9 cm³/mol. The van der Waals surface area contributed by atoms with E-state index in [2.05, 4.69) is 9.89 Å². The second kappa shape index (κ2) is 6.58. The molecule has 7 heteroatoms. The number of carbonyl (C=O) groups excluding carboxylic acids is 1. The summed E-state index contributed by atoms with van der Waals surface area (Å²) < 4.78 is 42.4. The molecular formula is C18H14F3NO3. The lowest BCUT2D eigenvalue weighted by Gasteiger charge is -2.08. The van der Waals surface area contributed by atoms with E-state index < -0.39 is 23.8 Å². The SMILES string of the molecule is COC(=O)C1CC(c2ccc(-c3ccc(C(F)(F)F)cc3)cc2)=NO1. The van der Waals surface area contributed by atoms with Gasteiger partial charge in [0.15, 0.2) is 0 Å². The minimum absolute atomic E-state index is 0.312. The van der Waals surface area contributed by atoms with Crippen molar-refractivity contribution < 1.29 is 27.5 Å². The highest BCUT2D eigenvalue weighted by Crippen LogP contribution is 2.31. The molecule has 2 aromatic rings. The smallest absolute Gasteiger partial charge is 0.416 e. The molecule has 0 saturated carbocycles. The molecule has 1 heterocycles. The quantitative estimate of drug-likeness (QED) is 0.786. The maximum absolute atomic E-state index is 12.6. The summed E-state index contributed by atoms with van der Waals surface area (Å²) in [6.45, 7) is 0. The van der Waals surface area contributed by atoms with E-state index in [4.69, 9.17) is 4.84 Å². The lowest BCUT2D eigenvalue weighted by atomic mass is 9.99. The van der Waals surface area contributed by atoms with E-state index in [1.807, 2.05) is 0 Å². The molecule has 1 aliphatic rings. The summed E-state index contributed by atoms with van der Waals surface area (Å²) >= 11 is 0. The fourth-order valence-electron chi connectivity index (χ4n) is 2.51. The van der Waals surface area contributed by atoms with Crippen LogP contribution in [0.1, 0.15) is 17.5 Å². The van der Waals surface area contributed by atoms with Crippen LogP contribution in [-0.2, 0) is 20.5 Å². The summed E-state index contributed by atoms with van der Waals surface area (Å²) in [5.41, 5.74) is 2.17. The van der Waals surface area contributed by atoms with Gasteiger partial charge in [-0.2, -0.15) is 13.2 Å². The summed E-state index contributed by atoms with van der Waals surface area (Å²) in [6, 6.07) is 12.1. The van der Waals surface area contributed by atoms with Crippen molar-refractivity contribution in [2.75, 3.05) is 7.11 Å². The molecule has 0 bridgehead atoms. The van der Waals surface area contributed by atoms with Gasteiger partial charge in [0.25, 0.3) is 0 Å². The number of alkyl halides is 3. The molecule has 130 valence electrons. The van der Waals surface area contributed by atoms with Crippen molar-refractivity contribution in [2.45, 2.75) is 18.7 Å². The second-order valence-electron chi connectivity index (χ2n) is 5.51. The fourth-order valence-corrected chi connectivity index (χ4v) is 2.51. The van der Waals surface area contributed by atoms with Crippen LogP contribution < -0.4 is 0 Å². The van der Waals surface area contributed by atoms with Crippen molar-refractivity contribution in [3.8, 4) is 11.1 Å². The number of nitrogens with zero attached hydrogens (tertiary/aromatic N) is 1. The Labute approximate surface area is 141 Å². The highest BCUT2D eigenvalue weighted by Gasteiger charge is 2.30. The van der Waals surface area contributed by atoms with Gasteiger partial charge in [0.1, 0.15) is 0 Å². The molecule has 0 radical (unpaired) electrons. The highest BCUT2D eigenvalue weighted by molar-refractivity contribution is 6.03. The van der Waals surface area contributed by atoms with Crippen LogP contribution in [0.25, 0.3) is 11.1 Å². The zero-order valence-electron chi connectivity index (χ0n) is 13.2. The van der Waals surface area contributed by atoms with Gasteiger partial charge < -0.3 is 9.57 Å². The van der Waals surface area contributed by atoms with Crippen molar-refractivity contribution in [2.24, 2.45) is 5.16 Å². The van der Waals surface area contributed by atoms with Crippen LogP contribution in [0.5, 0.6) is 0 Å². The number of benzene rings is 2. The van der Waals surface area contributed by atoms with Crippen LogP contribution in [0.15, 0.2) is 53.7 Å². The molecule has 2 aromatic carbocycles. The first kappa shape index (κ1) is 17.0. The molecule has 0 amide bonds. The normalized spacial score (nSPS) is 17.0. The maximum atomic E-state index is 12.6. The topological polar surface area (TPSA) is 47.9 Å². The highest BCUT2D eigenvalue weighted by atomic mass is 19.4. The van der Waals surface area contributed by atoms with E-state index in [1.165, 1.54) is 19.2 Å². The van der Waals surface area contributed by atoms with E-state index >= 15 is 0 Å². The summed E-state index contributed by atoms with van der Waals surface area (Å²) in [7, 11) is 1.28. The standard InChI is InChI=1S/C18H14F3NO3/c1-24-17(23)16-10-15(22-25-16)13-4-2-11(3-5-13)12-6-8-14(9-7-12)18(19,20)21/h2-9,16H,10H2,1H3. The van der Waals surface area contributed by atoms with Gasteiger partial charge in [-0.3, -0.25) is 0 Å². The molecular weight excluding hydrogens is 335 g/mol. The number of halogens is 3. The molecule has 4 nitrogen and oxygen atoms in total. The average Bonchev–Trinajstić information content (AvgIpc) is 3.11. The first-order chi connectivity index (χ1) is 11.9. The second-order valence-corrected chi connectivity index (χ2v) is 5.51. The summed E-state index contributed by atoms with van der Waals surface area (Å²) in [5.74, 6) is -0.486. The van der Waals surface area contributed by atoms with Gasteiger partial charge in [0.05, 0.1) is 18.4 Å². The molecule has 0 aliphatic carbocycles. The third kappa shape index (κ3) is 3.65. The van der Waals surface area contributed by atoms with Crippen LogP contribution in [0.2, 0.25) is 0 Å². The molecule has 25 heavy (non-hydrogen) atoms. The number of methoxy groups -OCH3 is 1. The van der Waals surface area contributed by atoms with Crippen molar-refractivity contribution in [3.63, 3.8) is 0 Å². The maximum Gasteiger partial charge on any atom is 0.416 e. The van der Waals surface area contributed by atoms with Crippen LogP contribution in [0.4, 0.5) is 13.2 Å². The number of carbonyl (C=O) groups is 1. The van der Waals surface area contributed by atoms with Crippen molar-refractivity contribution in [3.05, 3.63) is 59.7 Å². The Bertz CT molecular complexity index is 796. The Morgan fingerprint density at radius 1 is 1.04 bits per heavy atom. The molecule has 1 unspecified atom stereocenters. The first-order valence-corrected chi connectivity index (χ1v) is 7.47. The first-order valence-electron chi connectivity index (χ1n) is 7.47. The molecule has 3 rings (SSSR count). The number of rotatable bonds is 3. The molecule has 0 saturated heterocycles. The predicted octanol–water partition coefficient (Wildman–Crippen LogP) is 4.04. The van der Waals surface area contributed by atoms with Crippen molar-refractivity contribution >= 4 is 11.7 Å². The number of hydrogen-bond acceptors (Lipinski definition) is 4. The summed E-state index contributed by atoms with van der Waals surface area (Å²) in [6.07, 6.45) is -4.78. The molecule has 0 spiro atoms. The Hall–Kier alpha value is -2.83. The summed E-state index contributed by atoms with van der Waals surface area (Å²) in [4.78, 5) is 16.5. The van der Waals surface area contributed by atoms with Crippen LogP contribution >= 0.6 is 0 Å². The number of ether oxygens (including phenoxy) is 1. The van der Waals surface area contributed by atoms with E-state index in [0.29, 0.717) is 17.7 Å². The lowest BCUT2D eigenvalue weighted by Crippen LogP contribution is -2.22. The molecule has 0 fully saturated rings. The largest absolute Gasteiger partial charge is 0.466 e. The monoisotopic (exact) mass is 349 g/mol. The van der Waals surface area contributed by atoms with E-state index in [9.17, 15) is 18.0 Å². The third-order valence-electron chi connectivity index (χ3n) is 3.90. The number of esters is 1. The molecule has 0 aromatic heterocycles. The Morgan fingerprint density at radius 2 is 1.56 bits per heavy atom. The number of hydrogen-bond donors (Lipinski definition) is 0. The van der Waals surface area contributed by atoms with Crippen LogP contribution in [-0.4, -0.2) is 24.9 Å². The average molecular weight is 349 g/mol. The Kier molecular flexibility index (Phi) is 4.48. The molecule has 1 atom stereocenters. The zero-order chi connectivity index (χ0) is 18.0. The van der Waals surface area contributed by atoms with Crippen LogP contribution in [0, 0.1) is 0 Å². The number of oxime groups is 1. The zero-order valence-corrected chi connectivity index (χ0v) is 13.2. The summed E-state index contributed by atoms with van der Waals surface area (Å²) in [5, 5.41) is 3.89. The molecule has 0 N–H and O–H groups in total. The van der Waals surface area contributed by atoms with Crippen molar-refractivity contribution in [1.29, 1.82) is 0 Å². The van der Waals surface area contributed by atoms with Gasteiger partial charge in [-0.1, -0.05) is 41.6 Å². The van der Waals surface area contributed by atoms with Gasteiger partial charge in [0, 0.05) is 6.42 Å². The molecule has 1 aliphatic heterocycles. The van der Waals surface area contributed by atoms with E-state index in [-0.39, 0.29) is 0 Å². The van der Waals surface area contributed by atoms with Gasteiger partial charge >= 0.3 is 12.1 Å². The van der Waals surface area contributed by atoms with E-state index in [1.54, 1.807) is 24.3 Å². The van der Waals surface area contributed by atoms with Gasteiger partial charge in [0.2, 0.25) is 6.10 Å². The lowest BCUT2D eigenvalue weighted by molar-refractivity contribution is -0.152. The third-order valence-corrected chi connectivity index (χ3v) is 3.90. The van der Waals surface area contributed by atoms with Crippen LogP contribution in [0.3, 0.4) is 0 Å². The van der Waals surface area contributed by atoms with Gasteiger partial charge in [-0.15, -0.1) is 0 Å². The van der Waals surface area contributed by atoms with Gasteiger partial charge in [-0.25, -0.2) is 4.79 Å². The Morgan fingerprint density at radius 3 is 2.08 bits per heavy atom. The Balaban J connectivity index is 1.74. The minimum atomic E-state index is -4.35. The van der Waals surface area contributed by atoms with Crippen molar-refractivity contribution in [1.82, 2.24) is 0 Å². The van der Waals surface area contributed by atoms with Gasteiger partial charge in [-0.05, 0) is 28.8 Å². The van der Waals surface area contributed by atoms with E-state index in [0.717, 1.165) is 23.3 Å².